The maximum atomic E-state index is 13.2. The van der Waals surface area contributed by atoms with Gasteiger partial charge in [0.05, 0.1) is 44.1 Å². The molecule has 0 aliphatic carbocycles. The van der Waals surface area contributed by atoms with Gasteiger partial charge >= 0.3 is 12.1 Å². The van der Waals surface area contributed by atoms with E-state index in [1.807, 2.05) is 12.2 Å². The van der Waals surface area contributed by atoms with E-state index in [1.165, 1.54) is 12.3 Å². The lowest BCUT2D eigenvalue weighted by molar-refractivity contribution is -0.137. The highest BCUT2D eigenvalue weighted by atomic mass is 19.4. The Labute approximate surface area is 229 Å². The van der Waals surface area contributed by atoms with Crippen LogP contribution in [0.25, 0.3) is 10.9 Å². The molecule has 5 rings (SSSR count). The topological polar surface area (TPSA) is 91.9 Å². The van der Waals surface area contributed by atoms with Gasteiger partial charge in [-0.2, -0.15) is 13.2 Å². The van der Waals surface area contributed by atoms with Crippen LogP contribution in [0.5, 0.6) is 5.75 Å². The summed E-state index contributed by atoms with van der Waals surface area (Å²) in [5, 5.41) is 0.288. The number of aromatic nitrogens is 1. The van der Waals surface area contributed by atoms with Crippen molar-refractivity contribution >= 4 is 16.9 Å². The molecule has 12 heteroatoms. The molecule has 0 saturated carbocycles. The second kappa shape index (κ2) is 12.0. The fourth-order valence-corrected chi connectivity index (χ4v) is 4.53. The number of morpholine rings is 1. The van der Waals surface area contributed by atoms with Crippen LogP contribution in [-0.4, -0.2) is 80.9 Å². The second-order valence-corrected chi connectivity index (χ2v) is 9.65. The highest BCUT2D eigenvalue weighted by Crippen LogP contribution is 2.38. The van der Waals surface area contributed by atoms with Gasteiger partial charge in [0.25, 0.3) is 0 Å². The molecule has 1 aromatic carbocycles. The zero-order valence-electron chi connectivity index (χ0n) is 22.1. The van der Waals surface area contributed by atoms with Gasteiger partial charge in [0, 0.05) is 31.1 Å². The van der Waals surface area contributed by atoms with Gasteiger partial charge in [0.1, 0.15) is 36.0 Å². The lowest BCUT2D eigenvalue weighted by Gasteiger charge is -2.28. The number of carbonyl (C=O) groups excluding carboxylic acids is 1. The van der Waals surface area contributed by atoms with E-state index >= 15 is 0 Å². The number of rotatable bonds is 11. The quantitative estimate of drug-likeness (QED) is 0.223. The number of hydrogen-bond donors (Lipinski definition) is 0. The third-order valence-electron chi connectivity index (χ3n) is 6.71. The van der Waals surface area contributed by atoms with Gasteiger partial charge in [-0.1, -0.05) is 0 Å². The zero-order chi connectivity index (χ0) is 28.2. The van der Waals surface area contributed by atoms with Gasteiger partial charge in [-0.3, -0.25) is 9.88 Å². The predicted molar refractivity (Wildman–Crippen MR) is 137 cm³/mol. The molecular weight excluding hydrogens is 533 g/mol. The van der Waals surface area contributed by atoms with Crippen molar-refractivity contribution in [1.29, 1.82) is 0 Å². The van der Waals surface area contributed by atoms with Crippen molar-refractivity contribution in [3.63, 3.8) is 0 Å². The summed E-state index contributed by atoms with van der Waals surface area (Å²) in [4.78, 5) is 18.8. The van der Waals surface area contributed by atoms with Crippen LogP contribution in [0.4, 0.5) is 13.2 Å². The SMILES string of the molecule is CCOC(=O)c1cnc2cc(C(F)(F)F)ccc2c1OCCCC1(OC2=CC=C(CN3CCOCC3)OC2)CO1. The fraction of sp³-hybridized carbons (Fsp3) is 0.500. The zero-order valence-corrected chi connectivity index (χ0v) is 22.1. The summed E-state index contributed by atoms with van der Waals surface area (Å²) < 4.78 is 73.5. The number of hydrogen-bond acceptors (Lipinski definition) is 9. The average Bonchev–Trinajstić information content (AvgIpc) is 3.71. The molecular formula is C28H31F3N2O7. The number of fused-ring (bicyclic) bond motifs is 1. The van der Waals surface area contributed by atoms with E-state index in [9.17, 15) is 18.0 Å². The monoisotopic (exact) mass is 564 g/mol. The predicted octanol–water partition coefficient (Wildman–Crippen LogP) is 4.46. The van der Waals surface area contributed by atoms with E-state index in [0.29, 0.717) is 31.8 Å². The van der Waals surface area contributed by atoms with Crippen LogP contribution in [-0.2, 0) is 29.9 Å². The Morgan fingerprint density at radius 1 is 1.20 bits per heavy atom. The molecule has 0 radical (unpaired) electrons. The van der Waals surface area contributed by atoms with Crippen molar-refractivity contribution in [3.05, 3.63) is 59.2 Å². The molecule has 2 fully saturated rings. The Hall–Kier alpha value is -3.35. The van der Waals surface area contributed by atoms with Crippen LogP contribution in [0.2, 0.25) is 0 Å². The molecule has 4 heterocycles. The second-order valence-electron chi connectivity index (χ2n) is 9.65. The lowest BCUT2D eigenvalue weighted by Crippen LogP contribution is -2.38. The molecule has 1 unspecified atom stereocenters. The first-order valence-electron chi connectivity index (χ1n) is 13.2. The van der Waals surface area contributed by atoms with Gasteiger partial charge < -0.3 is 28.4 Å². The highest BCUT2D eigenvalue weighted by Gasteiger charge is 2.48. The summed E-state index contributed by atoms with van der Waals surface area (Å²) in [6.07, 6.45) is 1.46. The molecule has 0 bridgehead atoms. The number of halogens is 3. The van der Waals surface area contributed by atoms with Crippen molar-refractivity contribution in [2.24, 2.45) is 0 Å². The summed E-state index contributed by atoms with van der Waals surface area (Å²) in [5.74, 6) is 0.222. The molecule has 3 aliphatic heterocycles. The number of pyridine rings is 1. The Morgan fingerprint density at radius 3 is 2.67 bits per heavy atom. The maximum absolute atomic E-state index is 13.2. The Morgan fingerprint density at radius 2 is 2.00 bits per heavy atom. The minimum absolute atomic E-state index is 0.0481. The molecule has 9 nitrogen and oxygen atoms in total. The molecule has 216 valence electrons. The van der Waals surface area contributed by atoms with Crippen molar-refractivity contribution in [2.45, 2.75) is 31.7 Å². The normalized spacial score (nSPS) is 21.3. The van der Waals surface area contributed by atoms with E-state index in [0.717, 1.165) is 50.7 Å². The number of epoxide rings is 1. The summed E-state index contributed by atoms with van der Waals surface area (Å²) in [5.41, 5.74) is -0.725. The first-order chi connectivity index (χ1) is 19.3. The molecule has 1 atom stereocenters. The van der Waals surface area contributed by atoms with Gasteiger partial charge in [0.2, 0.25) is 5.79 Å². The number of allylic oxidation sites excluding steroid dienone is 2. The van der Waals surface area contributed by atoms with E-state index in [1.54, 1.807) is 6.92 Å². The lowest BCUT2D eigenvalue weighted by atomic mass is 10.1. The minimum Gasteiger partial charge on any atom is -0.492 e. The summed E-state index contributed by atoms with van der Waals surface area (Å²) >= 11 is 0. The Balaban J connectivity index is 1.20. The number of nitrogens with zero attached hydrogens (tertiary/aromatic N) is 2. The summed E-state index contributed by atoms with van der Waals surface area (Å²) in [7, 11) is 0. The molecule has 0 amide bonds. The number of carbonyl (C=O) groups is 1. The number of benzene rings is 1. The molecule has 0 spiro atoms. The van der Waals surface area contributed by atoms with Gasteiger partial charge in [0.15, 0.2) is 0 Å². The van der Waals surface area contributed by atoms with E-state index in [4.69, 9.17) is 28.4 Å². The van der Waals surface area contributed by atoms with Crippen molar-refractivity contribution < 1.29 is 46.4 Å². The van der Waals surface area contributed by atoms with E-state index in [2.05, 4.69) is 9.88 Å². The van der Waals surface area contributed by atoms with Gasteiger partial charge in [-0.15, -0.1) is 0 Å². The Bertz CT molecular complexity index is 1280. The first kappa shape index (κ1) is 28.2. The highest BCUT2D eigenvalue weighted by molar-refractivity contribution is 5.99. The van der Waals surface area contributed by atoms with E-state index in [-0.39, 0.29) is 35.4 Å². The van der Waals surface area contributed by atoms with Crippen molar-refractivity contribution in [1.82, 2.24) is 9.88 Å². The molecule has 3 aliphatic rings. The fourth-order valence-electron chi connectivity index (χ4n) is 4.53. The molecule has 1 aromatic heterocycles. The first-order valence-corrected chi connectivity index (χ1v) is 13.2. The maximum Gasteiger partial charge on any atom is 0.416 e. The molecule has 2 saturated heterocycles. The van der Waals surface area contributed by atoms with Crippen LogP contribution >= 0.6 is 0 Å². The van der Waals surface area contributed by atoms with Crippen molar-refractivity contribution in [3.8, 4) is 5.75 Å². The Kier molecular flexibility index (Phi) is 8.48. The summed E-state index contributed by atoms with van der Waals surface area (Å²) in [6, 6.07) is 3.13. The molecule has 0 N–H and O–H groups in total. The number of alkyl halides is 3. The largest absolute Gasteiger partial charge is 0.492 e. The van der Waals surface area contributed by atoms with Crippen LogP contribution in [0, 0.1) is 0 Å². The van der Waals surface area contributed by atoms with Gasteiger partial charge in [-0.25, -0.2) is 4.79 Å². The van der Waals surface area contributed by atoms with Crippen molar-refractivity contribution in [2.75, 3.05) is 59.3 Å². The van der Waals surface area contributed by atoms with Crippen LogP contribution in [0.1, 0.15) is 35.7 Å². The number of ether oxygens (including phenoxy) is 6. The molecule has 40 heavy (non-hydrogen) atoms. The van der Waals surface area contributed by atoms with Crippen LogP contribution < -0.4 is 4.74 Å². The standard InChI is InChI=1S/C28H31F3N2O7/c1-2-36-26(34)23-15-32-24-14-19(28(29,30)31)4-7-22(24)25(23)37-11-3-8-27(18-39-27)40-21-6-5-20(38-17-21)16-33-9-12-35-13-10-33/h4-7,14-15H,2-3,8-13,16-18H2,1H3. The minimum atomic E-state index is -4.52. The summed E-state index contributed by atoms with van der Waals surface area (Å²) in [6.45, 7) is 6.60. The van der Waals surface area contributed by atoms with E-state index < -0.39 is 23.5 Å². The number of esters is 1. The molecule has 2 aromatic rings. The third kappa shape index (κ3) is 6.86. The smallest absolute Gasteiger partial charge is 0.416 e. The van der Waals surface area contributed by atoms with Crippen LogP contribution in [0.3, 0.4) is 0 Å². The van der Waals surface area contributed by atoms with Crippen LogP contribution in [0.15, 0.2) is 48.1 Å². The third-order valence-corrected chi connectivity index (χ3v) is 6.71. The average molecular weight is 565 g/mol. The van der Waals surface area contributed by atoms with Gasteiger partial charge in [-0.05, 0) is 43.7 Å².